The predicted molar refractivity (Wildman–Crippen MR) is 86.4 cm³/mol. The first kappa shape index (κ1) is 13.3. The van der Waals surface area contributed by atoms with Crippen molar-refractivity contribution in [1.82, 2.24) is 0 Å². The van der Waals surface area contributed by atoms with Crippen LogP contribution >= 0.6 is 11.8 Å². The van der Waals surface area contributed by atoms with Crippen molar-refractivity contribution in [3.8, 4) is 0 Å². The number of rotatable bonds is 1. The van der Waals surface area contributed by atoms with Gasteiger partial charge < -0.3 is 0 Å². The number of fused-ring (bicyclic) bond motifs is 1. The highest BCUT2D eigenvalue weighted by atomic mass is 32.2. The van der Waals surface area contributed by atoms with Gasteiger partial charge >= 0.3 is 0 Å². The maximum Gasteiger partial charge on any atom is 0.277 e. The van der Waals surface area contributed by atoms with Crippen LogP contribution in [-0.2, 0) is 4.79 Å². The van der Waals surface area contributed by atoms with E-state index in [4.69, 9.17) is 0 Å². The Morgan fingerprint density at radius 2 is 1.68 bits per heavy atom. The zero-order valence-electron chi connectivity index (χ0n) is 11.8. The summed E-state index contributed by atoms with van der Waals surface area (Å²) in [5, 5.41) is 5.71. The molecule has 108 valence electrons. The quantitative estimate of drug-likeness (QED) is 0.761. The molecule has 0 fully saturated rings. The van der Waals surface area contributed by atoms with Crippen LogP contribution in [0, 0.1) is 0 Å². The third-order valence-electron chi connectivity index (χ3n) is 3.97. The predicted octanol–water partition coefficient (Wildman–Crippen LogP) is 3.14. The van der Waals surface area contributed by atoms with Crippen LogP contribution in [-0.4, -0.2) is 22.1 Å². The van der Waals surface area contributed by atoms with Gasteiger partial charge in [0, 0.05) is 10.5 Å². The Labute approximate surface area is 131 Å². The highest BCUT2D eigenvalue weighted by Crippen LogP contribution is 2.49. The van der Waals surface area contributed by atoms with Crippen LogP contribution in [0.4, 0.5) is 5.69 Å². The number of hydrogen-bond donors (Lipinski definition) is 0. The van der Waals surface area contributed by atoms with Crippen molar-refractivity contribution in [1.29, 1.82) is 0 Å². The molecule has 1 unspecified atom stereocenters. The molecular formula is C17H12N2O2S. The topological polar surface area (TPSA) is 49.7 Å². The molecule has 2 aliphatic heterocycles. The molecule has 0 radical (unpaired) electrons. The largest absolute Gasteiger partial charge is 0.291 e. The maximum atomic E-state index is 13.0. The summed E-state index contributed by atoms with van der Waals surface area (Å²) in [6.07, 6.45) is 0. The molecule has 4 rings (SSSR count). The van der Waals surface area contributed by atoms with Crippen molar-refractivity contribution >= 4 is 34.9 Å². The molecular weight excluding hydrogens is 296 g/mol. The minimum atomic E-state index is -1.24. The smallest absolute Gasteiger partial charge is 0.277 e. The maximum absolute atomic E-state index is 13.0. The van der Waals surface area contributed by atoms with Gasteiger partial charge in [-0.25, -0.2) is 0 Å². The van der Waals surface area contributed by atoms with E-state index in [-0.39, 0.29) is 11.7 Å². The van der Waals surface area contributed by atoms with E-state index in [0.717, 1.165) is 4.90 Å². The standard InChI is InChI=1S/C17H12N2O2S/c1-11-17(15(20)13-9-5-6-10-14(13)22-17)16(21)19(18-11)12-7-3-2-4-8-12/h2-10H,1H3. The molecule has 2 aromatic carbocycles. The van der Waals surface area contributed by atoms with Gasteiger partial charge in [-0.1, -0.05) is 48.2 Å². The minimum absolute atomic E-state index is 0.169. The number of amides is 1. The number of hydrogen-bond acceptors (Lipinski definition) is 4. The third kappa shape index (κ3) is 1.57. The van der Waals surface area contributed by atoms with E-state index in [9.17, 15) is 9.59 Å². The average molecular weight is 308 g/mol. The first-order chi connectivity index (χ1) is 10.6. The molecule has 4 nitrogen and oxygen atoms in total. The lowest BCUT2D eigenvalue weighted by Crippen LogP contribution is -2.47. The van der Waals surface area contributed by atoms with E-state index in [1.165, 1.54) is 16.8 Å². The summed E-state index contributed by atoms with van der Waals surface area (Å²) >= 11 is 1.30. The summed E-state index contributed by atoms with van der Waals surface area (Å²) in [6, 6.07) is 16.5. The molecule has 0 N–H and O–H groups in total. The van der Waals surface area contributed by atoms with E-state index < -0.39 is 4.75 Å². The second-order valence-corrected chi connectivity index (χ2v) is 6.50. The minimum Gasteiger partial charge on any atom is -0.291 e. The number of anilines is 1. The molecule has 0 aliphatic carbocycles. The zero-order valence-corrected chi connectivity index (χ0v) is 12.6. The Morgan fingerprint density at radius 3 is 2.41 bits per heavy atom. The lowest BCUT2D eigenvalue weighted by Gasteiger charge is -2.20. The van der Waals surface area contributed by atoms with Crippen LogP contribution in [0.2, 0.25) is 0 Å². The fourth-order valence-corrected chi connectivity index (χ4v) is 4.15. The highest BCUT2D eigenvalue weighted by Gasteiger charge is 2.60. The number of nitrogens with zero attached hydrogens (tertiary/aromatic N) is 2. The molecule has 1 amide bonds. The van der Waals surface area contributed by atoms with Crippen molar-refractivity contribution < 1.29 is 9.59 Å². The first-order valence-corrected chi connectivity index (χ1v) is 7.74. The summed E-state index contributed by atoms with van der Waals surface area (Å²) in [6.45, 7) is 1.75. The van der Waals surface area contributed by atoms with Gasteiger partial charge in [0.05, 0.1) is 11.4 Å². The molecule has 0 saturated heterocycles. The lowest BCUT2D eigenvalue weighted by atomic mass is 9.93. The van der Waals surface area contributed by atoms with Crippen LogP contribution in [0.5, 0.6) is 0 Å². The van der Waals surface area contributed by atoms with E-state index in [2.05, 4.69) is 5.10 Å². The van der Waals surface area contributed by atoms with Crippen molar-refractivity contribution in [2.24, 2.45) is 5.10 Å². The van der Waals surface area contributed by atoms with Gasteiger partial charge in [-0.2, -0.15) is 10.1 Å². The van der Waals surface area contributed by atoms with Crippen LogP contribution in [0.1, 0.15) is 17.3 Å². The van der Waals surface area contributed by atoms with Gasteiger partial charge in [0.2, 0.25) is 4.75 Å². The molecule has 2 aliphatic rings. The Hall–Kier alpha value is -2.40. The van der Waals surface area contributed by atoms with Gasteiger partial charge in [-0.05, 0) is 25.1 Å². The number of benzene rings is 2. The van der Waals surface area contributed by atoms with Gasteiger partial charge in [-0.15, -0.1) is 0 Å². The van der Waals surface area contributed by atoms with Crippen molar-refractivity contribution in [2.45, 2.75) is 16.6 Å². The van der Waals surface area contributed by atoms with E-state index in [0.29, 0.717) is 17.0 Å². The molecule has 0 aromatic heterocycles. The Morgan fingerprint density at radius 1 is 1.00 bits per heavy atom. The average Bonchev–Trinajstić information content (AvgIpc) is 2.99. The second-order valence-electron chi connectivity index (χ2n) is 5.25. The number of ketones is 1. The number of thioether (sulfide) groups is 1. The number of hydrazone groups is 1. The van der Waals surface area contributed by atoms with Gasteiger partial charge in [0.1, 0.15) is 0 Å². The first-order valence-electron chi connectivity index (χ1n) is 6.93. The monoisotopic (exact) mass is 308 g/mol. The number of para-hydroxylation sites is 1. The van der Waals surface area contributed by atoms with Crippen LogP contribution < -0.4 is 5.01 Å². The molecule has 0 saturated carbocycles. The summed E-state index contributed by atoms with van der Waals surface area (Å²) in [5.41, 5.74) is 1.81. The lowest BCUT2D eigenvalue weighted by molar-refractivity contribution is -0.117. The highest BCUT2D eigenvalue weighted by molar-refractivity contribution is 8.03. The summed E-state index contributed by atoms with van der Waals surface area (Å²) in [7, 11) is 0. The van der Waals surface area contributed by atoms with Crippen LogP contribution in [0.3, 0.4) is 0 Å². The number of Topliss-reactive ketones (excluding diaryl/α,β-unsaturated/α-hetero) is 1. The van der Waals surface area contributed by atoms with E-state index in [1.807, 2.05) is 48.5 Å². The fourth-order valence-electron chi connectivity index (χ4n) is 2.84. The zero-order chi connectivity index (χ0) is 15.3. The van der Waals surface area contributed by atoms with Crippen molar-refractivity contribution in [3.63, 3.8) is 0 Å². The summed E-state index contributed by atoms with van der Waals surface area (Å²) in [5.74, 6) is -0.458. The van der Waals surface area contributed by atoms with Crippen molar-refractivity contribution in [3.05, 3.63) is 60.2 Å². The Balaban J connectivity index is 1.81. The molecule has 2 heterocycles. The molecule has 1 atom stereocenters. The van der Waals surface area contributed by atoms with Crippen LogP contribution in [0.15, 0.2) is 64.6 Å². The van der Waals surface area contributed by atoms with Gasteiger partial charge in [-0.3, -0.25) is 9.59 Å². The molecule has 22 heavy (non-hydrogen) atoms. The van der Waals surface area contributed by atoms with E-state index in [1.54, 1.807) is 13.0 Å². The molecule has 0 bridgehead atoms. The summed E-state index contributed by atoms with van der Waals surface area (Å²) in [4.78, 5) is 26.7. The fraction of sp³-hybridized carbons (Fsp3) is 0.118. The van der Waals surface area contributed by atoms with Gasteiger partial charge in [0.15, 0.2) is 5.78 Å². The van der Waals surface area contributed by atoms with Gasteiger partial charge in [0.25, 0.3) is 5.91 Å². The Bertz CT molecular complexity index is 832. The molecule has 2 aromatic rings. The van der Waals surface area contributed by atoms with Crippen LogP contribution in [0.25, 0.3) is 0 Å². The molecule has 1 spiro atoms. The summed E-state index contributed by atoms with van der Waals surface area (Å²) < 4.78 is -1.24. The Kier molecular flexibility index (Phi) is 2.74. The second kappa shape index (κ2) is 4.55. The third-order valence-corrected chi connectivity index (χ3v) is 5.51. The molecule has 5 heteroatoms. The number of carbonyl (C=O) groups is 2. The van der Waals surface area contributed by atoms with E-state index >= 15 is 0 Å². The SMILES string of the molecule is CC1=NN(c2ccccc2)C(=O)C12Sc1ccccc1C2=O. The normalized spacial score (nSPS) is 23.1. The van der Waals surface area contributed by atoms with Crippen molar-refractivity contribution in [2.75, 3.05) is 5.01 Å². The number of carbonyl (C=O) groups excluding carboxylic acids is 2.